The Morgan fingerprint density at radius 3 is 2.74 bits per heavy atom. The summed E-state index contributed by atoms with van der Waals surface area (Å²) in [7, 11) is 5.47. The van der Waals surface area contributed by atoms with Crippen LogP contribution in [0.5, 0.6) is 5.75 Å². The van der Waals surface area contributed by atoms with Gasteiger partial charge in [-0.25, -0.2) is 15.0 Å². The Morgan fingerprint density at radius 2 is 2.04 bits per heavy atom. The Balaban J connectivity index is 1.62. The third-order valence-corrected chi connectivity index (χ3v) is 3.72. The third-order valence-electron chi connectivity index (χ3n) is 3.72. The van der Waals surface area contributed by atoms with E-state index >= 15 is 0 Å². The number of hydrogen-bond donors (Lipinski definition) is 1. The number of nitrogens with one attached hydrogen (secondary N) is 1. The number of methoxy groups -OCH3 is 1. The first kappa shape index (κ1) is 15.3. The van der Waals surface area contributed by atoms with Crippen LogP contribution in [0, 0.1) is 0 Å². The lowest BCUT2D eigenvalue weighted by Crippen LogP contribution is -2.27. The predicted octanol–water partition coefficient (Wildman–Crippen LogP) is 1.03. The maximum absolute atomic E-state index is 5.09. The lowest BCUT2D eigenvalue weighted by molar-refractivity contribution is 0.410. The lowest BCUT2D eigenvalue weighted by atomic mass is 10.2. The molecule has 1 saturated heterocycles. The van der Waals surface area contributed by atoms with Crippen molar-refractivity contribution in [3.8, 4) is 5.75 Å². The van der Waals surface area contributed by atoms with Gasteiger partial charge in [0.15, 0.2) is 5.75 Å². The third kappa shape index (κ3) is 3.58. The normalized spacial score (nSPS) is 17.2. The Hall–Kier alpha value is -2.64. The van der Waals surface area contributed by atoms with Gasteiger partial charge in [0.05, 0.1) is 19.5 Å². The Kier molecular flexibility index (Phi) is 4.40. The predicted molar refractivity (Wildman–Crippen MR) is 89.2 cm³/mol. The van der Waals surface area contributed by atoms with Crippen molar-refractivity contribution in [1.29, 1.82) is 0 Å². The van der Waals surface area contributed by atoms with Gasteiger partial charge in [-0.05, 0) is 12.5 Å². The molecule has 1 unspecified atom stereocenters. The molecule has 2 aromatic heterocycles. The average Bonchev–Trinajstić information content (AvgIpc) is 3.03. The van der Waals surface area contributed by atoms with E-state index in [0.29, 0.717) is 17.7 Å². The quantitative estimate of drug-likeness (QED) is 0.876. The number of ether oxygens (including phenoxy) is 1. The first-order chi connectivity index (χ1) is 11.2. The first-order valence-electron chi connectivity index (χ1n) is 7.53. The van der Waals surface area contributed by atoms with Crippen LogP contribution in [0.15, 0.2) is 24.7 Å². The van der Waals surface area contributed by atoms with Gasteiger partial charge in [-0.3, -0.25) is 0 Å². The maximum Gasteiger partial charge on any atom is 0.226 e. The van der Waals surface area contributed by atoms with Gasteiger partial charge < -0.3 is 19.9 Å². The van der Waals surface area contributed by atoms with Crippen molar-refractivity contribution in [3.05, 3.63) is 24.7 Å². The van der Waals surface area contributed by atoms with Crippen molar-refractivity contribution in [2.45, 2.75) is 12.5 Å². The molecule has 0 bridgehead atoms. The fraction of sp³-hybridized carbons (Fsp3) is 0.467. The van der Waals surface area contributed by atoms with E-state index in [0.717, 1.165) is 31.3 Å². The zero-order valence-corrected chi connectivity index (χ0v) is 13.6. The van der Waals surface area contributed by atoms with Gasteiger partial charge in [-0.2, -0.15) is 4.98 Å². The van der Waals surface area contributed by atoms with Crippen molar-refractivity contribution in [3.63, 3.8) is 0 Å². The van der Waals surface area contributed by atoms with E-state index in [1.165, 1.54) is 0 Å². The average molecular weight is 315 g/mol. The van der Waals surface area contributed by atoms with E-state index in [1.54, 1.807) is 25.7 Å². The molecular weight excluding hydrogens is 294 g/mol. The standard InChI is InChI=1S/C15H21N7O/c1-21(2)15-16-6-4-13(20-15)19-11-5-7-22(10-11)14-17-8-12(23-3)9-18-14/h4,6,8-9,11H,5,7,10H2,1-3H3,(H,16,19,20). The molecule has 3 heterocycles. The molecule has 0 spiro atoms. The van der Waals surface area contributed by atoms with Gasteiger partial charge in [-0.15, -0.1) is 0 Å². The maximum atomic E-state index is 5.09. The summed E-state index contributed by atoms with van der Waals surface area (Å²) in [5.41, 5.74) is 0. The smallest absolute Gasteiger partial charge is 0.226 e. The minimum absolute atomic E-state index is 0.311. The lowest BCUT2D eigenvalue weighted by Gasteiger charge is -2.18. The van der Waals surface area contributed by atoms with Crippen LogP contribution in [-0.2, 0) is 0 Å². The van der Waals surface area contributed by atoms with E-state index < -0.39 is 0 Å². The molecule has 0 saturated carbocycles. The second kappa shape index (κ2) is 6.64. The molecule has 122 valence electrons. The van der Waals surface area contributed by atoms with Gasteiger partial charge in [-0.1, -0.05) is 0 Å². The molecule has 8 nitrogen and oxygen atoms in total. The number of anilines is 3. The van der Waals surface area contributed by atoms with Crippen molar-refractivity contribution in [2.75, 3.05) is 49.4 Å². The topological polar surface area (TPSA) is 79.3 Å². The number of nitrogens with zero attached hydrogens (tertiary/aromatic N) is 6. The van der Waals surface area contributed by atoms with Gasteiger partial charge >= 0.3 is 0 Å². The molecule has 23 heavy (non-hydrogen) atoms. The summed E-state index contributed by atoms with van der Waals surface area (Å²) in [6.45, 7) is 1.75. The van der Waals surface area contributed by atoms with E-state index in [4.69, 9.17) is 4.74 Å². The SMILES string of the molecule is COc1cnc(N2CCC(Nc3ccnc(N(C)C)n3)C2)nc1. The summed E-state index contributed by atoms with van der Waals surface area (Å²) < 4.78 is 5.09. The van der Waals surface area contributed by atoms with Crippen molar-refractivity contribution in [1.82, 2.24) is 19.9 Å². The van der Waals surface area contributed by atoms with Crippen LogP contribution in [0.2, 0.25) is 0 Å². The number of rotatable bonds is 5. The van der Waals surface area contributed by atoms with Crippen LogP contribution < -0.4 is 19.9 Å². The zero-order chi connectivity index (χ0) is 16.2. The molecule has 1 aliphatic rings. The molecule has 1 N–H and O–H groups in total. The summed E-state index contributed by atoms with van der Waals surface area (Å²) in [6, 6.07) is 2.20. The van der Waals surface area contributed by atoms with Crippen molar-refractivity contribution < 1.29 is 4.74 Å². The van der Waals surface area contributed by atoms with E-state index in [-0.39, 0.29) is 0 Å². The monoisotopic (exact) mass is 315 g/mol. The highest BCUT2D eigenvalue weighted by Crippen LogP contribution is 2.20. The van der Waals surface area contributed by atoms with Crippen LogP contribution in [0.25, 0.3) is 0 Å². The highest BCUT2D eigenvalue weighted by atomic mass is 16.5. The number of hydrogen-bond acceptors (Lipinski definition) is 8. The van der Waals surface area contributed by atoms with E-state index in [9.17, 15) is 0 Å². The molecule has 0 radical (unpaired) electrons. The van der Waals surface area contributed by atoms with Gasteiger partial charge in [0.25, 0.3) is 0 Å². The molecular formula is C15H21N7O. The van der Waals surface area contributed by atoms with Crippen LogP contribution in [0.4, 0.5) is 17.7 Å². The van der Waals surface area contributed by atoms with E-state index in [2.05, 4.69) is 30.2 Å². The molecule has 3 rings (SSSR count). The summed E-state index contributed by atoms with van der Waals surface area (Å²) >= 11 is 0. The molecule has 0 amide bonds. The van der Waals surface area contributed by atoms with Crippen molar-refractivity contribution >= 4 is 17.7 Å². The summed E-state index contributed by atoms with van der Waals surface area (Å²) in [6.07, 6.45) is 6.16. The summed E-state index contributed by atoms with van der Waals surface area (Å²) in [5, 5.41) is 3.46. The first-order valence-corrected chi connectivity index (χ1v) is 7.53. The fourth-order valence-electron chi connectivity index (χ4n) is 2.49. The molecule has 1 fully saturated rings. The minimum Gasteiger partial charge on any atom is -0.494 e. The Morgan fingerprint density at radius 1 is 1.26 bits per heavy atom. The minimum atomic E-state index is 0.311. The molecule has 8 heteroatoms. The summed E-state index contributed by atoms with van der Waals surface area (Å²) in [4.78, 5) is 21.4. The zero-order valence-electron chi connectivity index (χ0n) is 13.6. The van der Waals surface area contributed by atoms with Crippen LogP contribution in [0.3, 0.4) is 0 Å². The number of aromatic nitrogens is 4. The molecule has 0 aromatic carbocycles. The Labute approximate surface area is 135 Å². The molecule has 2 aromatic rings. The van der Waals surface area contributed by atoms with Crippen LogP contribution in [-0.4, -0.2) is 60.3 Å². The van der Waals surface area contributed by atoms with Gasteiger partial charge in [0, 0.05) is 39.4 Å². The highest BCUT2D eigenvalue weighted by Gasteiger charge is 2.24. The van der Waals surface area contributed by atoms with E-state index in [1.807, 2.05) is 25.1 Å². The fourth-order valence-corrected chi connectivity index (χ4v) is 2.49. The van der Waals surface area contributed by atoms with Crippen molar-refractivity contribution in [2.24, 2.45) is 0 Å². The van der Waals surface area contributed by atoms with Crippen LogP contribution >= 0.6 is 0 Å². The van der Waals surface area contributed by atoms with Gasteiger partial charge in [0.1, 0.15) is 5.82 Å². The molecule has 0 aliphatic carbocycles. The Bertz CT molecular complexity index is 647. The molecule has 1 atom stereocenters. The highest BCUT2D eigenvalue weighted by molar-refractivity contribution is 5.43. The second-order valence-electron chi connectivity index (χ2n) is 5.64. The molecule has 1 aliphatic heterocycles. The second-order valence-corrected chi connectivity index (χ2v) is 5.64. The van der Waals surface area contributed by atoms with Gasteiger partial charge in [0.2, 0.25) is 11.9 Å². The van der Waals surface area contributed by atoms with Crippen LogP contribution in [0.1, 0.15) is 6.42 Å². The summed E-state index contributed by atoms with van der Waals surface area (Å²) in [5.74, 6) is 2.93. The largest absolute Gasteiger partial charge is 0.494 e.